The highest BCUT2D eigenvalue weighted by molar-refractivity contribution is 7.18. The fraction of sp³-hybridized carbons (Fsp3) is 0.444. The van der Waals surface area contributed by atoms with E-state index in [9.17, 15) is 14.4 Å². The van der Waals surface area contributed by atoms with Crippen molar-refractivity contribution < 1.29 is 14.3 Å². The zero-order chi connectivity index (χ0) is 19.1. The summed E-state index contributed by atoms with van der Waals surface area (Å²) in [5.74, 6) is -0.508. The predicted molar refractivity (Wildman–Crippen MR) is 101 cm³/mol. The van der Waals surface area contributed by atoms with Gasteiger partial charge in [-0.05, 0) is 38.7 Å². The maximum Gasteiger partial charge on any atom is 0.337 e. The summed E-state index contributed by atoms with van der Waals surface area (Å²) >= 11 is 1.58. The third-order valence-electron chi connectivity index (χ3n) is 4.89. The van der Waals surface area contributed by atoms with Crippen LogP contribution in [-0.4, -0.2) is 34.2 Å². The molecule has 0 bridgehead atoms. The number of ether oxygens (including phenoxy) is 1. The van der Waals surface area contributed by atoms with Crippen LogP contribution in [0.3, 0.4) is 0 Å². The zero-order valence-electron chi connectivity index (χ0n) is 15.1. The number of rotatable bonds is 4. The number of nitrogens with zero attached hydrogens (tertiary/aromatic N) is 2. The van der Waals surface area contributed by atoms with Gasteiger partial charge >= 0.3 is 12.0 Å². The number of hydrogen-bond donors (Lipinski definition) is 2. The van der Waals surface area contributed by atoms with Crippen LogP contribution in [0.2, 0.25) is 0 Å². The second-order valence-corrected chi connectivity index (χ2v) is 7.73. The van der Waals surface area contributed by atoms with E-state index in [1.54, 1.807) is 25.2 Å². The van der Waals surface area contributed by atoms with Gasteiger partial charge in [-0.25, -0.2) is 14.6 Å². The lowest BCUT2D eigenvalue weighted by atomic mass is 10.0. The average molecular weight is 388 g/mol. The summed E-state index contributed by atoms with van der Waals surface area (Å²) < 4.78 is 6.56. The number of esters is 1. The molecule has 0 saturated carbocycles. The summed E-state index contributed by atoms with van der Waals surface area (Å²) in [6.07, 6.45) is 4.42. The van der Waals surface area contributed by atoms with Crippen molar-refractivity contribution in [3.8, 4) is 0 Å². The van der Waals surface area contributed by atoms with Gasteiger partial charge in [0.1, 0.15) is 4.83 Å². The van der Waals surface area contributed by atoms with Crippen molar-refractivity contribution in [1.82, 2.24) is 20.2 Å². The Balaban J connectivity index is 1.78. The number of urea groups is 1. The van der Waals surface area contributed by atoms with Crippen molar-refractivity contribution in [2.75, 3.05) is 6.61 Å². The third kappa shape index (κ3) is 3.01. The molecule has 2 amide bonds. The standard InChI is InChI=1S/C18H20N4O4S/c1-3-26-17(24)13-9(2)20-18(25)21-11(13)7-22-8-19-15-14(16(22)23)10-5-4-6-12(10)27-15/h8-9H,3-7H2,1-2H3,(H2,20,21,25). The summed E-state index contributed by atoms with van der Waals surface area (Å²) in [5, 5.41) is 5.97. The lowest BCUT2D eigenvalue weighted by Gasteiger charge is -2.26. The molecule has 9 heteroatoms. The van der Waals surface area contributed by atoms with E-state index in [0.717, 1.165) is 29.7 Å². The third-order valence-corrected chi connectivity index (χ3v) is 6.09. The van der Waals surface area contributed by atoms with E-state index >= 15 is 0 Å². The monoisotopic (exact) mass is 388 g/mol. The number of amides is 2. The molecule has 142 valence electrons. The van der Waals surface area contributed by atoms with Crippen molar-refractivity contribution in [1.29, 1.82) is 0 Å². The van der Waals surface area contributed by atoms with Gasteiger partial charge < -0.3 is 15.4 Å². The van der Waals surface area contributed by atoms with E-state index in [2.05, 4.69) is 15.6 Å². The van der Waals surface area contributed by atoms with Crippen LogP contribution in [-0.2, 0) is 28.9 Å². The number of aromatic nitrogens is 2. The highest BCUT2D eigenvalue weighted by Crippen LogP contribution is 2.34. The number of carbonyl (C=O) groups is 2. The quantitative estimate of drug-likeness (QED) is 0.772. The molecule has 1 aliphatic heterocycles. The number of carbonyl (C=O) groups excluding carboxylic acids is 2. The van der Waals surface area contributed by atoms with Gasteiger partial charge in [0.05, 0.1) is 42.2 Å². The highest BCUT2D eigenvalue weighted by Gasteiger charge is 2.30. The van der Waals surface area contributed by atoms with E-state index in [-0.39, 0.29) is 18.7 Å². The summed E-state index contributed by atoms with van der Waals surface area (Å²) in [7, 11) is 0. The van der Waals surface area contributed by atoms with E-state index in [0.29, 0.717) is 16.7 Å². The largest absolute Gasteiger partial charge is 0.463 e. The van der Waals surface area contributed by atoms with Crippen molar-refractivity contribution in [2.45, 2.75) is 45.7 Å². The van der Waals surface area contributed by atoms with Gasteiger partial charge in [0, 0.05) is 4.88 Å². The SMILES string of the molecule is CCOC(=O)C1=C(Cn2cnc3sc4c(c3c2=O)CCC4)NC(=O)NC1C. The van der Waals surface area contributed by atoms with Crippen LogP contribution >= 0.6 is 11.3 Å². The van der Waals surface area contributed by atoms with Gasteiger partial charge in [0.25, 0.3) is 5.56 Å². The van der Waals surface area contributed by atoms with Gasteiger partial charge in [-0.2, -0.15) is 0 Å². The molecule has 2 N–H and O–H groups in total. The molecule has 8 nitrogen and oxygen atoms in total. The number of aryl methyl sites for hydroxylation is 2. The molecule has 27 heavy (non-hydrogen) atoms. The van der Waals surface area contributed by atoms with Crippen molar-refractivity contribution in [3.63, 3.8) is 0 Å². The maximum atomic E-state index is 13.1. The van der Waals surface area contributed by atoms with Crippen LogP contribution < -0.4 is 16.2 Å². The fourth-order valence-electron chi connectivity index (χ4n) is 3.71. The Morgan fingerprint density at radius 2 is 2.22 bits per heavy atom. The van der Waals surface area contributed by atoms with E-state index in [1.807, 2.05) is 0 Å². The van der Waals surface area contributed by atoms with Crippen molar-refractivity contribution in [3.05, 3.63) is 38.4 Å². The average Bonchev–Trinajstić information content (AvgIpc) is 3.17. The molecule has 2 aromatic rings. The summed E-state index contributed by atoms with van der Waals surface area (Å²) in [4.78, 5) is 43.7. The lowest BCUT2D eigenvalue weighted by molar-refractivity contribution is -0.139. The first-order chi connectivity index (χ1) is 13.0. The highest BCUT2D eigenvalue weighted by atomic mass is 32.1. The van der Waals surface area contributed by atoms with Crippen LogP contribution in [0.1, 0.15) is 30.7 Å². The number of hydrogen-bond acceptors (Lipinski definition) is 6. The van der Waals surface area contributed by atoms with Crippen LogP contribution in [0, 0.1) is 0 Å². The Kier molecular flexibility index (Phi) is 4.47. The molecule has 0 aromatic carbocycles. The normalized spacial score (nSPS) is 19.0. The Bertz CT molecular complexity index is 1040. The Morgan fingerprint density at radius 3 is 3.00 bits per heavy atom. The molecular weight excluding hydrogens is 368 g/mol. The van der Waals surface area contributed by atoms with E-state index in [1.165, 1.54) is 15.8 Å². The number of allylic oxidation sites excluding steroid dienone is 1. The number of thiophene rings is 1. The molecule has 2 aliphatic rings. The van der Waals surface area contributed by atoms with Gasteiger partial charge in [-0.15, -0.1) is 11.3 Å². The molecular formula is C18H20N4O4S. The first kappa shape index (κ1) is 17.7. The van der Waals surface area contributed by atoms with Crippen molar-refractivity contribution in [2.24, 2.45) is 0 Å². The first-order valence-corrected chi connectivity index (χ1v) is 9.78. The minimum Gasteiger partial charge on any atom is -0.463 e. The Labute approximate surface area is 159 Å². The molecule has 2 aromatic heterocycles. The van der Waals surface area contributed by atoms with Crippen LogP contribution in [0.4, 0.5) is 4.79 Å². The fourth-order valence-corrected chi connectivity index (χ4v) is 4.93. The molecule has 1 unspecified atom stereocenters. The van der Waals surface area contributed by atoms with Gasteiger partial charge in [-0.1, -0.05) is 0 Å². The van der Waals surface area contributed by atoms with Gasteiger partial charge in [0.15, 0.2) is 0 Å². The topological polar surface area (TPSA) is 102 Å². The second kappa shape index (κ2) is 6.80. The smallest absolute Gasteiger partial charge is 0.337 e. The van der Waals surface area contributed by atoms with E-state index < -0.39 is 18.0 Å². The molecule has 4 rings (SSSR count). The first-order valence-electron chi connectivity index (χ1n) is 8.97. The van der Waals surface area contributed by atoms with Gasteiger partial charge in [-0.3, -0.25) is 9.36 Å². The van der Waals surface area contributed by atoms with Crippen LogP contribution in [0.25, 0.3) is 10.2 Å². The lowest BCUT2D eigenvalue weighted by Crippen LogP contribution is -2.50. The molecule has 1 aliphatic carbocycles. The summed E-state index contributed by atoms with van der Waals surface area (Å²) in [6, 6.07) is -0.922. The molecule has 0 saturated heterocycles. The Hall–Kier alpha value is -2.68. The predicted octanol–water partition coefficient (Wildman–Crippen LogP) is 1.47. The van der Waals surface area contributed by atoms with E-state index in [4.69, 9.17) is 4.74 Å². The Morgan fingerprint density at radius 1 is 1.41 bits per heavy atom. The molecule has 0 spiro atoms. The van der Waals surface area contributed by atoms with Crippen LogP contribution in [0.15, 0.2) is 22.4 Å². The zero-order valence-corrected chi connectivity index (χ0v) is 15.9. The number of fused-ring (bicyclic) bond motifs is 3. The maximum absolute atomic E-state index is 13.1. The summed E-state index contributed by atoms with van der Waals surface area (Å²) in [6.45, 7) is 3.71. The summed E-state index contributed by atoms with van der Waals surface area (Å²) in [5.41, 5.74) is 1.64. The minimum absolute atomic E-state index is 0.0539. The molecule has 3 heterocycles. The molecule has 0 radical (unpaired) electrons. The number of nitrogens with one attached hydrogen (secondary N) is 2. The van der Waals surface area contributed by atoms with Crippen molar-refractivity contribution >= 4 is 33.6 Å². The van der Waals surface area contributed by atoms with Gasteiger partial charge in [0.2, 0.25) is 0 Å². The molecule has 0 fully saturated rings. The molecule has 1 atom stereocenters. The van der Waals surface area contributed by atoms with Crippen LogP contribution in [0.5, 0.6) is 0 Å². The minimum atomic E-state index is -0.509. The second-order valence-electron chi connectivity index (χ2n) is 6.65.